The standard InChI is InChI=1S/C8H8Cl2.C8H9Cl/c1-5-3-8(10)6(2)4-7(5)9;1-7-2-4-8(6-9)5-3-7/h3-4H,1-2H3;2-5H,6H2,1H3. The number of halogens is 3. The third-order valence-corrected chi connectivity index (χ3v) is 3.84. The topological polar surface area (TPSA) is 0 Å². The van der Waals surface area contributed by atoms with Gasteiger partial charge in [-0.15, -0.1) is 11.6 Å². The van der Waals surface area contributed by atoms with Crippen LogP contribution in [0.2, 0.25) is 10.0 Å². The Morgan fingerprint density at radius 3 is 1.58 bits per heavy atom. The van der Waals surface area contributed by atoms with Gasteiger partial charge < -0.3 is 0 Å². The molecule has 0 unspecified atom stereocenters. The summed E-state index contributed by atoms with van der Waals surface area (Å²) in [5.74, 6) is 0.611. The molecular formula is C16H17Cl3. The first-order chi connectivity index (χ1) is 8.93. The molecule has 0 saturated carbocycles. The van der Waals surface area contributed by atoms with Gasteiger partial charge in [0, 0.05) is 15.9 Å². The Morgan fingerprint density at radius 2 is 1.21 bits per heavy atom. The van der Waals surface area contributed by atoms with Gasteiger partial charge in [0.1, 0.15) is 0 Å². The Labute approximate surface area is 130 Å². The van der Waals surface area contributed by atoms with Gasteiger partial charge in [0.05, 0.1) is 0 Å². The first-order valence-corrected chi connectivity index (χ1v) is 7.27. The van der Waals surface area contributed by atoms with Crippen LogP contribution in [-0.4, -0.2) is 0 Å². The summed E-state index contributed by atoms with van der Waals surface area (Å²) in [4.78, 5) is 0. The molecule has 0 atom stereocenters. The normalized spacial score (nSPS) is 9.79. The fourth-order valence-corrected chi connectivity index (χ4v) is 2.04. The van der Waals surface area contributed by atoms with Crippen LogP contribution in [0.1, 0.15) is 22.3 Å². The fraction of sp³-hybridized carbons (Fsp3) is 0.250. The van der Waals surface area contributed by atoms with E-state index in [9.17, 15) is 0 Å². The summed E-state index contributed by atoms with van der Waals surface area (Å²) in [5.41, 5.74) is 4.51. The van der Waals surface area contributed by atoms with Crippen LogP contribution in [-0.2, 0) is 5.88 Å². The molecular weight excluding hydrogens is 299 g/mol. The molecule has 0 aromatic heterocycles. The van der Waals surface area contributed by atoms with Crippen LogP contribution < -0.4 is 0 Å². The van der Waals surface area contributed by atoms with Crippen LogP contribution in [0.25, 0.3) is 0 Å². The van der Waals surface area contributed by atoms with Crippen LogP contribution in [0.15, 0.2) is 36.4 Å². The maximum atomic E-state index is 5.83. The van der Waals surface area contributed by atoms with Crippen molar-refractivity contribution in [1.29, 1.82) is 0 Å². The number of hydrogen-bond acceptors (Lipinski definition) is 0. The highest BCUT2D eigenvalue weighted by atomic mass is 35.5. The summed E-state index contributed by atoms with van der Waals surface area (Å²) < 4.78 is 0. The van der Waals surface area contributed by atoms with Crippen molar-refractivity contribution in [1.82, 2.24) is 0 Å². The van der Waals surface area contributed by atoms with E-state index >= 15 is 0 Å². The van der Waals surface area contributed by atoms with Gasteiger partial charge in [0.15, 0.2) is 0 Å². The molecule has 0 radical (unpaired) electrons. The van der Waals surface area contributed by atoms with Crippen LogP contribution in [0.4, 0.5) is 0 Å². The van der Waals surface area contributed by atoms with E-state index in [1.165, 1.54) is 11.1 Å². The lowest BCUT2D eigenvalue weighted by Gasteiger charge is -2.00. The van der Waals surface area contributed by atoms with Gasteiger partial charge in [-0.05, 0) is 49.6 Å². The van der Waals surface area contributed by atoms with Crippen LogP contribution in [0.3, 0.4) is 0 Å². The second-order valence-corrected chi connectivity index (χ2v) is 5.55. The van der Waals surface area contributed by atoms with Crippen molar-refractivity contribution >= 4 is 34.8 Å². The second-order valence-electron chi connectivity index (χ2n) is 4.47. The first kappa shape index (κ1) is 16.4. The monoisotopic (exact) mass is 314 g/mol. The molecule has 0 saturated heterocycles. The lowest BCUT2D eigenvalue weighted by atomic mass is 10.2. The molecule has 2 aromatic carbocycles. The Balaban J connectivity index is 0.000000191. The number of benzene rings is 2. The Bertz CT molecular complexity index is 480. The molecule has 0 bridgehead atoms. The van der Waals surface area contributed by atoms with Gasteiger partial charge in [-0.25, -0.2) is 0 Å². The minimum atomic E-state index is 0.611. The van der Waals surface area contributed by atoms with Crippen molar-refractivity contribution < 1.29 is 0 Å². The quantitative estimate of drug-likeness (QED) is 0.538. The van der Waals surface area contributed by atoms with Crippen molar-refractivity contribution in [2.45, 2.75) is 26.7 Å². The zero-order chi connectivity index (χ0) is 14.4. The molecule has 0 amide bonds. The molecule has 0 spiro atoms. The van der Waals surface area contributed by atoms with Gasteiger partial charge >= 0.3 is 0 Å². The molecule has 0 N–H and O–H groups in total. The molecule has 2 aromatic rings. The predicted octanol–water partition coefficient (Wildman–Crippen LogP) is 6.34. The highest BCUT2D eigenvalue weighted by molar-refractivity contribution is 6.34. The molecule has 0 aliphatic heterocycles. The molecule has 19 heavy (non-hydrogen) atoms. The Hall–Kier alpha value is -0.690. The summed E-state index contributed by atoms with van der Waals surface area (Å²) in [7, 11) is 0. The number of aryl methyl sites for hydroxylation is 3. The SMILES string of the molecule is Cc1cc(Cl)c(C)cc1Cl.Cc1ccc(CCl)cc1. The van der Waals surface area contributed by atoms with E-state index < -0.39 is 0 Å². The Kier molecular flexibility index (Phi) is 6.71. The summed E-state index contributed by atoms with van der Waals surface area (Å²) >= 11 is 17.2. The summed E-state index contributed by atoms with van der Waals surface area (Å²) in [6, 6.07) is 12.0. The minimum Gasteiger partial charge on any atom is -0.122 e. The number of hydrogen-bond donors (Lipinski definition) is 0. The molecule has 0 heterocycles. The van der Waals surface area contributed by atoms with Crippen molar-refractivity contribution in [3.05, 3.63) is 68.7 Å². The Morgan fingerprint density at radius 1 is 0.789 bits per heavy atom. The van der Waals surface area contributed by atoms with Gasteiger partial charge in [-0.1, -0.05) is 53.0 Å². The largest absolute Gasteiger partial charge is 0.122 e. The van der Waals surface area contributed by atoms with E-state index in [0.29, 0.717) is 5.88 Å². The molecule has 0 nitrogen and oxygen atoms in total. The number of alkyl halides is 1. The van der Waals surface area contributed by atoms with Crippen LogP contribution in [0.5, 0.6) is 0 Å². The molecule has 0 aliphatic carbocycles. The molecule has 2 rings (SSSR count). The smallest absolute Gasteiger partial charge is 0.0474 e. The average Bonchev–Trinajstić information content (AvgIpc) is 2.38. The van der Waals surface area contributed by atoms with E-state index in [1.807, 2.05) is 38.1 Å². The van der Waals surface area contributed by atoms with E-state index in [1.54, 1.807) is 0 Å². The zero-order valence-corrected chi connectivity index (χ0v) is 13.6. The highest BCUT2D eigenvalue weighted by Gasteiger charge is 1.98. The van der Waals surface area contributed by atoms with Gasteiger partial charge in [0.2, 0.25) is 0 Å². The fourth-order valence-electron chi connectivity index (χ4n) is 1.42. The lowest BCUT2D eigenvalue weighted by molar-refractivity contribution is 1.36. The highest BCUT2D eigenvalue weighted by Crippen LogP contribution is 2.23. The van der Waals surface area contributed by atoms with Crippen LogP contribution >= 0.6 is 34.8 Å². The van der Waals surface area contributed by atoms with Crippen molar-refractivity contribution in [2.75, 3.05) is 0 Å². The van der Waals surface area contributed by atoms with Gasteiger partial charge in [0.25, 0.3) is 0 Å². The summed E-state index contributed by atoms with van der Waals surface area (Å²) in [6.45, 7) is 5.94. The molecule has 0 fully saturated rings. The second kappa shape index (κ2) is 7.79. The van der Waals surface area contributed by atoms with Crippen LogP contribution in [0, 0.1) is 20.8 Å². The predicted molar refractivity (Wildman–Crippen MR) is 86.7 cm³/mol. The van der Waals surface area contributed by atoms with Crippen molar-refractivity contribution in [2.24, 2.45) is 0 Å². The van der Waals surface area contributed by atoms with Gasteiger partial charge in [-0.3, -0.25) is 0 Å². The van der Waals surface area contributed by atoms with E-state index in [0.717, 1.165) is 21.2 Å². The molecule has 3 heteroatoms. The first-order valence-electron chi connectivity index (χ1n) is 5.97. The van der Waals surface area contributed by atoms with E-state index in [4.69, 9.17) is 34.8 Å². The third-order valence-electron chi connectivity index (χ3n) is 2.71. The summed E-state index contributed by atoms with van der Waals surface area (Å²) in [6.07, 6.45) is 0. The van der Waals surface area contributed by atoms with E-state index in [2.05, 4.69) is 19.1 Å². The van der Waals surface area contributed by atoms with Crippen molar-refractivity contribution in [3.8, 4) is 0 Å². The zero-order valence-electron chi connectivity index (χ0n) is 11.3. The maximum Gasteiger partial charge on any atom is 0.0474 e. The third kappa shape index (κ3) is 5.44. The lowest BCUT2D eigenvalue weighted by Crippen LogP contribution is -1.79. The minimum absolute atomic E-state index is 0.611. The molecule has 0 aliphatic rings. The maximum absolute atomic E-state index is 5.83. The average molecular weight is 316 g/mol. The summed E-state index contributed by atoms with van der Waals surface area (Å²) in [5, 5.41) is 1.56. The van der Waals surface area contributed by atoms with E-state index in [-0.39, 0.29) is 0 Å². The number of rotatable bonds is 1. The molecule has 102 valence electrons. The van der Waals surface area contributed by atoms with Gasteiger partial charge in [-0.2, -0.15) is 0 Å². The van der Waals surface area contributed by atoms with Crippen molar-refractivity contribution in [3.63, 3.8) is 0 Å².